The molecular weight excluding hydrogens is 238 g/mol. The number of carbonyl (C=O) groups excluding carboxylic acids is 1. The molecule has 0 aliphatic rings. The monoisotopic (exact) mass is 255 g/mol. The van der Waals surface area contributed by atoms with E-state index in [0.717, 1.165) is 11.3 Å². The number of rotatable bonds is 5. The van der Waals surface area contributed by atoms with Gasteiger partial charge in [-0.15, -0.1) is 0 Å². The van der Waals surface area contributed by atoms with E-state index in [0.29, 0.717) is 12.0 Å². The van der Waals surface area contributed by atoms with Crippen molar-refractivity contribution in [1.29, 1.82) is 0 Å². The van der Waals surface area contributed by atoms with Crippen LogP contribution in [0.3, 0.4) is 0 Å². The zero-order chi connectivity index (χ0) is 13.7. The summed E-state index contributed by atoms with van der Waals surface area (Å²) >= 11 is 0. The molecule has 98 valence electrons. The molecular formula is C16H17NO2. The fourth-order valence-electron chi connectivity index (χ4n) is 1.91. The summed E-state index contributed by atoms with van der Waals surface area (Å²) in [6, 6.07) is 16.5. The van der Waals surface area contributed by atoms with Crippen LogP contribution in [0.4, 0.5) is 0 Å². The van der Waals surface area contributed by atoms with Gasteiger partial charge in [0.2, 0.25) is 0 Å². The zero-order valence-corrected chi connectivity index (χ0v) is 10.9. The number of benzene rings is 2. The molecule has 1 unspecified atom stereocenters. The molecule has 3 nitrogen and oxygen atoms in total. The molecule has 0 heterocycles. The molecule has 0 saturated heterocycles. The topological polar surface area (TPSA) is 52.3 Å². The van der Waals surface area contributed by atoms with Crippen LogP contribution >= 0.6 is 0 Å². The molecule has 0 spiro atoms. The molecule has 0 aliphatic carbocycles. The lowest BCUT2D eigenvalue weighted by molar-refractivity contribution is 0.0974. The Morgan fingerprint density at radius 1 is 1.11 bits per heavy atom. The van der Waals surface area contributed by atoms with Gasteiger partial charge in [0.1, 0.15) is 5.75 Å². The Morgan fingerprint density at radius 3 is 2.32 bits per heavy atom. The second-order valence-electron chi connectivity index (χ2n) is 4.37. The molecule has 0 aliphatic heterocycles. The number of carbonyl (C=O) groups is 1. The second-order valence-corrected chi connectivity index (χ2v) is 4.37. The van der Waals surface area contributed by atoms with E-state index >= 15 is 0 Å². The largest absolute Gasteiger partial charge is 0.497 e. The van der Waals surface area contributed by atoms with Crippen molar-refractivity contribution in [1.82, 2.24) is 0 Å². The van der Waals surface area contributed by atoms with Gasteiger partial charge >= 0.3 is 0 Å². The van der Waals surface area contributed by atoms with Crippen LogP contribution in [0.5, 0.6) is 5.75 Å². The molecule has 0 bridgehead atoms. The summed E-state index contributed by atoms with van der Waals surface area (Å²) in [5.41, 5.74) is 7.68. The summed E-state index contributed by atoms with van der Waals surface area (Å²) in [6.45, 7) is 0. The molecule has 2 aromatic carbocycles. The second kappa shape index (κ2) is 6.16. The van der Waals surface area contributed by atoms with Crippen LogP contribution in [0.1, 0.15) is 28.4 Å². The van der Waals surface area contributed by atoms with Crippen molar-refractivity contribution in [3.05, 3.63) is 65.7 Å². The summed E-state index contributed by atoms with van der Waals surface area (Å²) in [6.07, 6.45) is 0.302. The molecule has 0 fully saturated rings. The van der Waals surface area contributed by atoms with Gasteiger partial charge < -0.3 is 10.5 Å². The third-order valence-electron chi connectivity index (χ3n) is 3.05. The lowest BCUT2D eigenvalue weighted by Crippen LogP contribution is -2.15. The van der Waals surface area contributed by atoms with E-state index in [4.69, 9.17) is 10.5 Å². The van der Waals surface area contributed by atoms with Crippen molar-refractivity contribution >= 4 is 5.78 Å². The van der Waals surface area contributed by atoms with E-state index in [1.807, 2.05) is 30.3 Å². The fraction of sp³-hybridized carbons (Fsp3) is 0.188. The molecule has 0 aromatic heterocycles. The van der Waals surface area contributed by atoms with Crippen molar-refractivity contribution < 1.29 is 9.53 Å². The first kappa shape index (κ1) is 13.3. The van der Waals surface area contributed by atoms with Gasteiger partial charge in [-0.3, -0.25) is 4.79 Å². The summed E-state index contributed by atoms with van der Waals surface area (Å²) < 4.78 is 5.06. The highest BCUT2D eigenvalue weighted by atomic mass is 16.5. The van der Waals surface area contributed by atoms with Gasteiger partial charge in [-0.25, -0.2) is 0 Å². The summed E-state index contributed by atoms with van der Waals surface area (Å²) in [4.78, 5) is 12.1. The van der Waals surface area contributed by atoms with E-state index in [1.54, 1.807) is 31.4 Å². The van der Waals surface area contributed by atoms with Gasteiger partial charge in [0.25, 0.3) is 0 Å². The maximum Gasteiger partial charge on any atom is 0.164 e. The molecule has 0 amide bonds. The quantitative estimate of drug-likeness (QED) is 0.836. The first-order valence-corrected chi connectivity index (χ1v) is 6.18. The van der Waals surface area contributed by atoms with Crippen molar-refractivity contribution in [3.63, 3.8) is 0 Å². The van der Waals surface area contributed by atoms with Crippen LogP contribution in [0, 0.1) is 0 Å². The van der Waals surface area contributed by atoms with Crippen LogP contribution in [-0.2, 0) is 0 Å². The number of hydrogen-bond donors (Lipinski definition) is 1. The van der Waals surface area contributed by atoms with Crippen molar-refractivity contribution in [2.24, 2.45) is 5.73 Å². The van der Waals surface area contributed by atoms with Gasteiger partial charge in [-0.2, -0.15) is 0 Å². The highest BCUT2D eigenvalue weighted by Gasteiger charge is 2.13. The first-order chi connectivity index (χ1) is 9.20. The third-order valence-corrected chi connectivity index (χ3v) is 3.05. The first-order valence-electron chi connectivity index (χ1n) is 6.18. The van der Waals surface area contributed by atoms with Crippen LogP contribution in [0.2, 0.25) is 0 Å². The molecule has 2 N–H and O–H groups in total. The number of ketones is 1. The number of nitrogens with two attached hydrogens (primary N) is 1. The third kappa shape index (κ3) is 3.42. The highest BCUT2D eigenvalue weighted by Crippen LogP contribution is 2.18. The average molecular weight is 255 g/mol. The number of ether oxygens (including phenoxy) is 1. The number of methoxy groups -OCH3 is 1. The van der Waals surface area contributed by atoms with Crippen molar-refractivity contribution in [3.8, 4) is 5.75 Å². The molecule has 2 rings (SSSR count). The lowest BCUT2D eigenvalue weighted by atomic mass is 9.99. The highest BCUT2D eigenvalue weighted by molar-refractivity contribution is 5.96. The van der Waals surface area contributed by atoms with Crippen molar-refractivity contribution in [2.45, 2.75) is 12.5 Å². The standard InChI is InChI=1S/C16H17NO2/c1-19-14-9-7-13(8-10-14)16(18)11-15(17)12-5-3-2-4-6-12/h2-10,15H,11,17H2,1H3. The van der Waals surface area contributed by atoms with Crippen LogP contribution in [-0.4, -0.2) is 12.9 Å². The van der Waals surface area contributed by atoms with Gasteiger partial charge in [-0.1, -0.05) is 30.3 Å². The Bertz CT molecular complexity index is 534. The van der Waals surface area contributed by atoms with Gasteiger partial charge in [0.05, 0.1) is 7.11 Å². The maximum absolute atomic E-state index is 12.1. The Labute approximate surface area is 113 Å². The van der Waals surface area contributed by atoms with Gasteiger partial charge in [0, 0.05) is 18.0 Å². The summed E-state index contributed by atoms with van der Waals surface area (Å²) in [5.74, 6) is 0.780. The number of hydrogen-bond acceptors (Lipinski definition) is 3. The van der Waals surface area contributed by atoms with Crippen LogP contribution in [0.15, 0.2) is 54.6 Å². The van der Waals surface area contributed by atoms with Crippen LogP contribution in [0.25, 0.3) is 0 Å². The molecule has 2 aromatic rings. The normalized spacial score (nSPS) is 11.9. The maximum atomic E-state index is 12.1. The predicted octanol–water partition coefficient (Wildman–Crippen LogP) is 2.97. The Balaban J connectivity index is 2.04. The minimum atomic E-state index is -0.268. The lowest BCUT2D eigenvalue weighted by Gasteiger charge is -2.11. The smallest absolute Gasteiger partial charge is 0.164 e. The minimum absolute atomic E-state index is 0.0407. The molecule has 0 saturated carbocycles. The van der Waals surface area contributed by atoms with E-state index < -0.39 is 0 Å². The van der Waals surface area contributed by atoms with E-state index in [-0.39, 0.29) is 11.8 Å². The molecule has 19 heavy (non-hydrogen) atoms. The molecule has 3 heteroatoms. The fourth-order valence-corrected chi connectivity index (χ4v) is 1.91. The summed E-state index contributed by atoms with van der Waals surface area (Å²) in [5, 5.41) is 0. The minimum Gasteiger partial charge on any atom is -0.497 e. The zero-order valence-electron chi connectivity index (χ0n) is 10.9. The Morgan fingerprint density at radius 2 is 1.74 bits per heavy atom. The average Bonchev–Trinajstić information content (AvgIpc) is 2.48. The van der Waals surface area contributed by atoms with Gasteiger partial charge in [-0.05, 0) is 29.8 Å². The Hall–Kier alpha value is -2.13. The van der Waals surface area contributed by atoms with Crippen molar-refractivity contribution in [2.75, 3.05) is 7.11 Å². The van der Waals surface area contributed by atoms with E-state index in [1.165, 1.54) is 0 Å². The molecule has 1 atom stereocenters. The molecule has 0 radical (unpaired) electrons. The van der Waals surface area contributed by atoms with E-state index in [2.05, 4.69) is 0 Å². The SMILES string of the molecule is COc1ccc(C(=O)CC(N)c2ccccc2)cc1. The van der Waals surface area contributed by atoms with Gasteiger partial charge in [0.15, 0.2) is 5.78 Å². The van der Waals surface area contributed by atoms with E-state index in [9.17, 15) is 4.79 Å². The number of Topliss-reactive ketones (excluding diaryl/α,β-unsaturated/α-hetero) is 1. The predicted molar refractivity (Wildman–Crippen MR) is 75.3 cm³/mol. The Kier molecular flexibility index (Phi) is 4.31. The summed E-state index contributed by atoms with van der Waals surface area (Å²) in [7, 11) is 1.60. The van der Waals surface area contributed by atoms with Crippen LogP contribution < -0.4 is 10.5 Å².